The average Bonchev–Trinajstić information content (AvgIpc) is 3.05. The van der Waals surface area contributed by atoms with Crippen LogP contribution in [0.25, 0.3) is 0 Å². The maximum atomic E-state index is 5.56. The lowest BCUT2D eigenvalue weighted by Gasteiger charge is -2.04. The quantitative estimate of drug-likeness (QED) is 0.738. The predicted molar refractivity (Wildman–Crippen MR) is 64.6 cm³/mol. The molecule has 4 heteroatoms. The summed E-state index contributed by atoms with van der Waals surface area (Å²) in [6, 6.07) is 0. The Hall–Kier alpha value is -1.42. The standard InChI is InChI=1S/C11H12N2O2.C2H6/c1-6-3-4-8(11-10(6)14-11)5-9-12-7(2)13-15-9;1-2/h3-4,10-11H,5H2,1-2H3;1-2H3. The molecular weight excluding hydrogens is 216 g/mol. The van der Waals surface area contributed by atoms with Gasteiger partial charge < -0.3 is 9.26 Å². The highest BCUT2D eigenvalue weighted by molar-refractivity contribution is 5.37. The van der Waals surface area contributed by atoms with Crippen molar-refractivity contribution in [2.24, 2.45) is 0 Å². The van der Waals surface area contributed by atoms with Gasteiger partial charge in [-0.25, -0.2) is 0 Å². The zero-order chi connectivity index (χ0) is 12.4. The summed E-state index contributed by atoms with van der Waals surface area (Å²) in [4.78, 5) is 4.18. The van der Waals surface area contributed by atoms with Crippen LogP contribution in [0.2, 0.25) is 0 Å². The van der Waals surface area contributed by atoms with E-state index in [-0.39, 0.29) is 6.10 Å². The number of rotatable bonds is 2. The fraction of sp³-hybridized carbons (Fsp3) is 0.538. The van der Waals surface area contributed by atoms with Crippen LogP contribution in [0.1, 0.15) is 32.5 Å². The van der Waals surface area contributed by atoms with Gasteiger partial charge in [-0.2, -0.15) is 4.98 Å². The minimum Gasteiger partial charge on any atom is -0.360 e. The van der Waals surface area contributed by atoms with Gasteiger partial charge in [0.15, 0.2) is 5.82 Å². The number of ether oxygens (including phenoxy) is 1. The van der Waals surface area contributed by atoms with E-state index in [1.807, 2.05) is 20.8 Å². The molecule has 17 heavy (non-hydrogen) atoms. The van der Waals surface area contributed by atoms with Gasteiger partial charge in [-0.05, 0) is 25.0 Å². The molecule has 2 unspecified atom stereocenters. The largest absolute Gasteiger partial charge is 0.360 e. The first-order chi connectivity index (χ1) is 8.24. The minimum atomic E-state index is 0.252. The van der Waals surface area contributed by atoms with E-state index in [4.69, 9.17) is 9.26 Å². The van der Waals surface area contributed by atoms with Gasteiger partial charge in [-0.1, -0.05) is 31.2 Å². The number of nitrogens with zero attached hydrogens (tertiary/aromatic N) is 2. The summed E-state index contributed by atoms with van der Waals surface area (Å²) < 4.78 is 10.6. The molecule has 2 heterocycles. The summed E-state index contributed by atoms with van der Waals surface area (Å²) in [5, 5.41) is 3.77. The van der Waals surface area contributed by atoms with Crippen LogP contribution in [0.3, 0.4) is 0 Å². The molecule has 1 fully saturated rings. The molecule has 0 aromatic carbocycles. The van der Waals surface area contributed by atoms with Gasteiger partial charge in [0.1, 0.15) is 12.2 Å². The molecule has 1 aromatic rings. The van der Waals surface area contributed by atoms with E-state index < -0.39 is 0 Å². The Labute approximate surface area is 101 Å². The van der Waals surface area contributed by atoms with Gasteiger partial charge in [-0.15, -0.1) is 0 Å². The molecular formula is C13H18N2O2. The number of aromatic nitrogens is 2. The van der Waals surface area contributed by atoms with Crippen molar-refractivity contribution in [1.82, 2.24) is 10.1 Å². The molecule has 92 valence electrons. The zero-order valence-electron chi connectivity index (χ0n) is 10.7. The molecule has 0 N–H and O–H groups in total. The van der Waals surface area contributed by atoms with Crippen LogP contribution < -0.4 is 0 Å². The molecule has 1 aliphatic heterocycles. The number of aryl methyl sites for hydroxylation is 1. The number of hydrogen-bond acceptors (Lipinski definition) is 4. The van der Waals surface area contributed by atoms with Crippen LogP contribution in [0, 0.1) is 6.92 Å². The summed E-state index contributed by atoms with van der Waals surface area (Å²) >= 11 is 0. The molecule has 0 spiro atoms. The first kappa shape index (κ1) is 12.0. The fourth-order valence-electron chi connectivity index (χ4n) is 1.91. The van der Waals surface area contributed by atoms with Crippen LogP contribution in [0.5, 0.6) is 0 Å². The van der Waals surface area contributed by atoms with Crippen molar-refractivity contribution in [2.75, 3.05) is 0 Å². The lowest BCUT2D eigenvalue weighted by atomic mass is 9.97. The van der Waals surface area contributed by atoms with Crippen molar-refractivity contribution < 1.29 is 9.26 Å². The van der Waals surface area contributed by atoms with Gasteiger partial charge in [0.05, 0.1) is 6.42 Å². The molecule has 2 atom stereocenters. The van der Waals surface area contributed by atoms with E-state index in [9.17, 15) is 0 Å². The Morgan fingerprint density at radius 3 is 2.59 bits per heavy atom. The Morgan fingerprint density at radius 1 is 1.18 bits per heavy atom. The van der Waals surface area contributed by atoms with Gasteiger partial charge in [-0.3, -0.25) is 0 Å². The minimum absolute atomic E-state index is 0.252. The highest BCUT2D eigenvalue weighted by Gasteiger charge is 2.44. The van der Waals surface area contributed by atoms with Gasteiger partial charge in [0.25, 0.3) is 0 Å². The highest BCUT2D eigenvalue weighted by atomic mass is 16.6. The Bertz CT molecular complexity index is 460. The van der Waals surface area contributed by atoms with E-state index in [1.54, 1.807) is 0 Å². The Kier molecular flexibility index (Phi) is 3.43. The number of fused-ring (bicyclic) bond motifs is 1. The maximum Gasteiger partial charge on any atom is 0.230 e. The number of hydrogen-bond donors (Lipinski definition) is 0. The highest BCUT2D eigenvalue weighted by Crippen LogP contribution is 2.38. The summed E-state index contributed by atoms with van der Waals surface area (Å²) in [7, 11) is 0. The third kappa shape index (κ3) is 2.47. The molecule has 0 amide bonds. The number of epoxide rings is 1. The fourth-order valence-corrected chi connectivity index (χ4v) is 1.91. The van der Waals surface area contributed by atoms with E-state index >= 15 is 0 Å². The first-order valence-corrected chi connectivity index (χ1v) is 6.06. The third-order valence-electron chi connectivity index (χ3n) is 2.79. The second-order valence-electron chi connectivity index (χ2n) is 4.04. The lowest BCUT2D eigenvalue weighted by Crippen LogP contribution is -2.06. The second kappa shape index (κ2) is 4.84. The number of allylic oxidation sites excluding steroid dienone is 2. The molecule has 2 aliphatic rings. The first-order valence-electron chi connectivity index (χ1n) is 6.06. The van der Waals surface area contributed by atoms with Gasteiger partial charge in [0.2, 0.25) is 5.89 Å². The molecule has 1 aliphatic carbocycles. The van der Waals surface area contributed by atoms with Crippen molar-refractivity contribution in [3.63, 3.8) is 0 Å². The molecule has 1 aromatic heterocycles. The normalized spacial score (nSPS) is 25.2. The lowest BCUT2D eigenvalue weighted by molar-refractivity contribution is 0.371. The van der Waals surface area contributed by atoms with Crippen molar-refractivity contribution in [3.8, 4) is 0 Å². The molecule has 3 rings (SSSR count). The van der Waals surface area contributed by atoms with Crippen LogP contribution in [-0.4, -0.2) is 22.3 Å². The van der Waals surface area contributed by atoms with Crippen molar-refractivity contribution in [2.45, 2.75) is 46.3 Å². The average molecular weight is 234 g/mol. The summed E-state index contributed by atoms with van der Waals surface area (Å²) in [5.74, 6) is 1.35. The summed E-state index contributed by atoms with van der Waals surface area (Å²) in [5.41, 5.74) is 2.53. The van der Waals surface area contributed by atoms with Crippen LogP contribution >= 0.6 is 0 Å². The van der Waals surface area contributed by atoms with Crippen molar-refractivity contribution in [3.05, 3.63) is 35.0 Å². The molecule has 0 bridgehead atoms. The smallest absolute Gasteiger partial charge is 0.230 e. The predicted octanol–water partition coefficient (Wildman–Crippen LogP) is 2.60. The van der Waals surface area contributed by atoms with Crippen LogP contribution in [0.4, 0.5) is 0 Å². The maximum absolute atomic E-state index is 5.56. The Balaban J connectivity index is 0.000000514. The molecule has 4 nitrogen and oxygen atoms in total. The van der Waals surface area contributed by atoms with E-state index in [2.05, 4.69) is 29.2 Å². The van der Waals surface area contributed by atoms with Gasteiger partial charge in [0, 0.05) is 0 Å². The third-order valence-corrected chi connectivity index (χ3v) is 2.79. The molecule has 0 saturated carbocycles. The van der Waals surface area contributed by atoms with E-state index in [0.29, 0.717) is 24.2 Å². The summed E-state index contributed by atoms with van der Waals surface area (Å²) in [6.07, 6.45) is 5.46. The molecule has 0 radical (unpaired) electrons. The van der Waals surface area contributed by atoms with Crippen molar-refractivity contribution >= 4 is 0 Å². The SMILES string of the molecule is CC.CC1=CC=C(Cc2nc(C)no2)C2OC12. The van der Waals surface area contributed by atoms with Crippen LogP contribution in [0.15, 0.2) is 27.8 Å². The van der Waals surface area contributed by atoms with Crippen molar-refractivity contribution in [1.29, 1.82) is 0 Å². The monoisotopic (exact) mass is 234 g/mol. The van der Waals surface area contributed by atoms with E-state index in [1.165, 1.54) is 11.1 Å². The second-order valence-corrected chi connectivity index (χ2v) is 4.04. The van der Waals surface area contributed by atoms with E-state index in [0.717, 1.165) is 0 Å². The Morgan fingerprint density at radius 2 is 1.94 bits per heavy atom. The topological polar surface area (TPSA) is 51.5 Å². The van der Waals surface area contributed by atoms with Gasteiger partial charge >= 0.3 is 0 Å². The van der Waals surface area contributed by atoms with Crippen LogP contribution in [-0.2, 0) is 11.2 Å². The molecule has 1 saturated heterocycles. The zero-order valence-corrected chi connectivity index (χ0v) is 10.7. The summed E-state index contributed by atoms with van der Waals surface area (Å²) in [6.45, 7) is 7.91.